The van der Waals surface area contributed by atoms with E-state index < -0.39 is 11.8 Å². The molecule has 0 atom stereocenters. The number of nitroso groups, excluding NO2 is 1. The third kappa shape index (κ3) is 1.19. The maximum Gasteiger partial charge on any atom is 0.261 e. The van der Waals surface area contributed by atoms with Crippen LogP contribution in [0.4, 0.5) is 5.69 Å². The van der Waals surface area contributed by atoms with Gasteiger partial charge in [0, 0.05) is 0 Å². The van der Waals surface area contributed by atoms with E-state index in [2.05, 4.69) is 10.5 Å². The molecule has 1 N–H and O–H groups in total. The molecule has 1 aliphatic heterocycles. The van der Waals surface area contributed by atoms with Gasteiger partial charge in [-0.25, -0.2) is 0 Å². The number of nitrogens with one attached hydrogen (secondary N) is 1. The van der Waals surface area contributed by atoms with Crippen molar-refractivity contribution in [3.63, 3.8) is 0 Å². The molecule has 2 aromatic rings. The lowest BCUT2D eigenvalue weighted by Crippen LogP contribution is -2.20. The van der Waals surface area contributed by atoms with Crippen molar-refractivity contribution in [1.29, 1.82) is 0 Å². The number of carbonyl (C=O) groups is 2. The fourth-order valence-electron chi connectivity index (χ4n) is 2.10. The van der Waals surface area contributed by atoms with Gasteiger partial charge in [-0.1, -0.05) is 24.3 Å². The Bertz CT molecular complexity index is 691. The van der Waals surface area contributed by atoms with Crippen molar-refractivity contribution in [2.24, 2.45) is 5.18 Å². The molecular formula is C12H6N2O3. The molecule has 0 aromatic heterocycles. The van der Waals surface area contributed by atoms with Crippen molar-refractivity contribution < 1.29 is 9.59 Å². The number of nitrogens with zero attached hydrogens (tertiary/aromatic N) is 1. The summed E-state index contributed by atoms with van der Waals surface area (Å²) in [5, 5.41) is 6.35. The van der Waals surface area contributed by atoms with Gasteiger partial charge < -0.3 is 0 Å². The summed E-state index contributed by atoms with van der Waals surface area (Å²) in [6.45, 7) is 0. The minimum atomic E-state index is -0.564. The first-order valence-corrected chi connectivity index (χ1v) is 4.97. The number of fused-ring (bicyclic) bond motifs is 3. The van der Waals surface area contributed by atoms with Crippen molar-refractivity contribution in [2.75, 3.05) is 0 Å². The quantitative estimate of drug-likeness (QED) is 0.597. The Kier molecular flexibility index (Phi) is 1.82. The third-order valence-electron chi connectivity index (χ3n) is 2.81. The van der Waals surface area contributed by atoms with Crippen LogP contribution in [0.3, 0.4) is 0 Å². The molecule has 0 saturated carbocycles. The van der Waals surface area contributed by atoms with Crippen LogP contribution < -0.4 is 5.32 Å². The molecule has 0 aliphatic carbocycles. The second-order valence-corrected chi connectivity index (χ2v) is 3.74. The van der Waals surface area contributed by atoms with E-state index in [1.54, 1.807) is 24.3 Å². The highest BCUT2D eigenvalue weighted by Gasteiger charge is 2.32. The van der Waals surface area contributed by atoms with Crippen LogP contribution in [0, 0.1) is 4.91 Å². The highest BCUT2D eigenvalue weighted by atomic mass is 16.3. The normalized spacial score (nSPS) is 13.6. The van der Waals surface area contributed by atoms with E-state index in [1.165, 1.54) is 6.07 Å². The number of benzene rings is 2. The van der Waals surface area contributed by atoms with Gasteiger partial charge in [-0.05, 0) is 22.0 Å². The second kappa shape index (κ2) is 3.21. The first kappa shape index (κ1) is 9.65. The fraction of sp³-hybridized carbons (Fsp3) is 0. The van der Waals surface area contributed by atoms with E-state index in [-0.39, 0.29) is 16.8 Å². The molecule has 82 valence electrons. The van der Waals surface area contributed by atoms with E-state index in [4.69, 9.17) is 0 Å². The van der Waals surface area contributed by atoms with Gasteiger partial charge >= 0.3 is 0 Å². The van der Waals surface area contributed by atoms with E-state index in [0.29, 0.717) is 10.8 Å². The van der Waals surface area contributed by atoms with Crippen molar-refractivity contribution in [2.45, 2.75) is 0 Å². The lowest BCUT2D eigenvalue weighted by molar-refractivity contribution is 0.0880. The number of imide groups is 1. The molecule has 1 heterocycles. The van der Waals surface area contributed by atoms with Crippen LogP contribution in [0.15, 0.2) is 35.5 Å². The molecule has 0 bridgehead atoms. The molecular weight excluding hydrogens is 220 g/mol. The molecule has 0 spiro atoms. The average Bonchev–Trinajstić information content (AvgIpc) is 2.65. The molecule has 0 saturated heterocycles. The minimum Gasteiger partial charge on any atom is -0.288 e. The zero-order chi connectivity index (χ0) is 12.0. The number of amides is 2. The van der Waals surface area contributed by atoms with E-state index in [0.717, 1.165) is 0 Å². The maximum atomic E-state index is 11.7. The van der Waals surface area contributed by atoms with Gasteiger partial charge in [-0.3, -0.25) is 14.9 Å². The molecule has 0 unspecified atom stereocenters. The monoisotopic (exact) mass is 226 g/mol. The minimum absolute atomic E-state index is 0.00190. The van der Waals surface area contributed by atoms with Crippen LogP contribution >= 0.6 is 0 Å². The standard InChI is InChI=1S/C12H6N2O3/c15-11-9-7-4-2-1-3-6(7)5-8(14-17)10(9)12(16)13-11/h1-5H,(H,13,15,16). The van der Waals surface area contributed by atoms with Crippen molar-refractivity contribution in [3.8, 4) is 0 Å². The number of hydrogen-bond donors (Lipinski definition) is 1. The summed E-state index contributed by atoms with van der Waals surface area (Å²) in [7, 11) is 0. The Morgan fingerprint density at radius 1 is 1.00 bits per heavy atom. The molecule has 0 fully saturated rings. The molecule has 1 aliphatic rings. The predicted octanol–water partition coefficient (Wildman–Crippen LogP) is 2.12. The smallest absolute Gasteiger partial charge is 0.261 e. The van der Waals surface area contributed by atoms with Gasteiger partial charge in [-0.15, -0.1) is 4.91 Å². The van der Waals surface area contributed by atoms with Crippen molar-refractivity contribution in [3.05, 3.63) is 46.4 Å². The van der Waals surface area contributed by atoms with Gasteiger partial charge in [0.05, 0.1) is 11.1 Å². The van der Waals surface area contributed by atoms with Gasteiger partial charge in [0.2, 0.25) is 0 Å². The number of rotatable bonds is 1. The summed E-state index contributed by atoms with van der Waals surface area (Å²) < 4.78 is 0. The maximum absolute atomic E-state index is 11.7. The summed E-state index contributed by atoms with van der Waals surface area (Å²) in [5.41, 5.74) is 0.313. The van der Waals surface area contributed by atoms with Gasteiger partial charge in [0.1, 0.15) is 5.69 Å². The summed E-state index contributed by atoms with van der Waals surface area (Å²) in [6.07, 6.45) is 0. The summed E-state index contributed by atoms with van der Waals surface area (Å²) in [6, 6.07) is 8.57. The Labute approximate surface area is 95.4 Å². The number of hydrogen-bond acceptors (Lipinski definition) is 4. The Morgan fingerprint density at radius 3 is 2.47 bits per heavy atom. The fourth-order valence-corrected chi connectivity index (χ4v) is 2.10. The van der Waals surface area contributed by atoms with Crippen LogP contribution in [0.5, 0.6) is 0 Å². The lowest BCUT2D eigenvalue weighted by atomic mass is 9.99. The Hall–Kier alpha value is -2.56. The average molecular weight is 226 g/mol. The molecule has 5 nitrogen and oxygen atoms in total. The highest BCUT2D eigenvalue weighted by molar-refractivity contribution is 6.28. The molecule has 5 heteroatoms. The van der Waals surface area contributed by atoms with Crippen molar-refractivity contribution in [1.82, 2.24) is 5.32 Å². The SMILES string of the molecule is O=Nc1cc2ccccc2c2c1C(=O)NC2=O. The topological polar surface area (TPSA) is 75.6 Å². The number of carbonyl (C=O) groups excluding carboxylic acids is 2. The predicted molar refractivity (Wildman–Crippen MR) is 61.2 cm³/mol. The lowest BCUT2D eigenvalue weighted by Gasteiger charge is -2.03. The molecule has 2 amide bonds. The Morgan fingerprint density at radius 2 is 1.71 bits per heavy atom. The first-order chi connectivity index (χ1) is 8.22. The zero-order valence-corrected chi connectivity index (χ0v) is 8.56. The highest BCUT2D eigenvalue weighted by Crippen LogP contribution is 2.33. The second-order valence-electron chi connectivity index (χ2n) is 3.74. The van der Waals surface area contributed by atoms with Crippen LogP contribution in [0.1, 0.15) is 20.7 Å². The van der Waals surface area contributed by atoms with Crippen molar-refractivity contribution >= 4 is 28.3 Å². The summed E-state index contributed by atoms with van der Waals surface area (Å²) in [4.78, 5) is 34.0. The summed E-state index contributed by atoms with van der Waals surface area (Å²) in [5.74, 6) is -1.04. The van der Waals surface area contributed by atoms with E-state index in [1.807, 2.05) is 0 Å². The third-order valence-corrected chi connectivity index (χ3v) is 2.81. The zero-order valence-electron chi connectivity index (χ0n) is 8.56. The molecule has 17 heavy (non-hydrogen) atoms. The van der Waals surface area contributed by atoms with Gasteiger partial charge in [0.25, 0.3) is 11.8 Å². The molecule has 3 rings (SSSR count). The van der Waals surface area contributed by atoms with E-state index >= 15 is 0 Å². The summed E-state index contributed by atoms with van der Waals surface area (Å²) >= 11 is 0. The van der Waals surface area contributed by atoms with E-state index in [9.17, 15) is 14.5 Å². The first-order valence-electron chi connectivity index (χ1n) is 4.97. The van der Waals surface area contributed by atoms with Crippen LogP contribution in [-0.2, 0) is 0 Å². The van der Waals surface area contributed by atoms with Crippen LogP contribution in [-0.4, -0.2) is 11.8 Å². The molecule has 2 aromatic carbocycles. The van der Waals surface area contributed by atoms with Crippen LogP contribution in [0.2, 0.25) is 0 Å². The Balaban J connectivity index is 2.54. The van der Waals surface area contributed by atoms with Gasteiger partial charge in [0.15, 0.2) is 0 Å². The molecule has 0 radical (unpaired) electrons. The van der Waals surface area contributed by atoms with Crippen LogP contribution in [0.25, 0.3) is 10.8 Å². The largest absolute Gasteiger partial charge is 0.288 e. The van der Waals surface area contributed by atoms with Gasteiger partial charge in [-0.2, -0.15) is 0 Å².